The fourth-order valence-corrected chi connectivity index (χ4v) is 3.95. The molecule has 1 heterocycles. The van der Waals surface area contributed by atoms with Crippen LogP contribution < -0.4 is 0 Å². The molecule has 0 saturated carbocycles. The maximum atomic E-state index is 12.4. The standard InChI is InChI=1S/C14H12BrCl2NOS/c1-6(2)13(19)10-11(15)9-7(16)4-5-8(17)12(9)18-14(10)20-3/h4-6H,1-3H3. The molecule has 0 radical (unpaired) electrons. The van der Waals surface area contributed by atoms with Gasteiger partial charge in [0, 0.05) is 15.8 Å². The Bertz CT molecular complexity index is 703. The van der Waals surface area contributed by atoms with Crippen molar-refractivity contribution in [3.05, 3.63) is 32.2 Å². The molecule has 0 aliphatic rings. The summed E-state index contributed by atoms with van der Waals surface area (Å²) >= 11 is 17.4. The number of ketones is 1. The summed E-state index contributed by atoms with van der Waals surface area (Å²) in [5, 5.41) is 2.38. The Labute approximate surface area is 140 Å². The number of benzene rings is 1. The van der Waals surface area contributed by atoms with Gasteiger partial charge in [0.25, 0.3) is 0 Å². The SMILES string of the molecule is CSc1nc2c(Cl)ccc(Cl)c2c(Br)c1C(=O)C(C)C. The van der Waals surface area contributed by atoms with E-state index >= 15 is 0 Å². The molecule has 2 nitrogen and oxygen atoms in total. The van der Waals surface area contributed by atoms with Crippen LogP contribution in [0.25, 0.3) is 10.9 Å². The fourth-order valence-electron chi connectivity index (χ4n) is 1.89. The third kappa shape index (κ3) is 2.71. The second-order valence-corrected chi connectivity index (χ2v) is 6.98. The average molecular weight is 393 g/mol. The van der Waals surface area contributed by atoms with Crippen LogP contribution >= 0.6 is 50.9 Å². The van der Waals surface area contributed by atoms with Crippen LogP contribution in [-0.2, 0) is 0 Å². The quantitative estimate of drug-likeness (QED) is 0.483. The summed E-state index contributed by atoms with van der Waals surface area (Å²) in [6.07, 6.45) is 1.89. The Morgan fingerprint density at radius 1 is 1.30 bits per heavy atom. The maximum absolute atomic E-state index is 12.4. The monoisotopic (exact) mass is 391 g/mol. The lowest BCUT2D eigenvalue weighted by Gasteiger charge is -2.14. The molecule has 0 unspecified atom stereocenters. The van der Waals surface area contributed by atoms with Crippen molar-refractivity contribution < 1.29 is 4.79 Å². The fraction of sp³-hybridized carbons (Fsp3) is 0.286. The molecule has 0 atom stereocenters. The first-order valence-electron chi connectivity index (χ1n) is 5.93. The van der Waals surface area contributed by atoms with Crippen LogP contribution in [-0.4, -0.2) is 17.0 Å². The van der Waals surface area contributed by atoms with Crippen molar-refractivity contribution in [2.75, 3.05) is 6.26 Å². The van der Waals surface area contributed by atoms with Crippen molar-refractivity contribution in [3.63, 3.8) is 0 Å². The molecule has 2 aromatic rings. The van der Waals surface area contributed by atoms with E-state index in [1.54, 1.807) is 12.1 Å². The maximum Gasteiger partial charge on any atom is 0.169 e. The number of halogens is 3. The van der Waals surface area contributed by atoms with Gasteiger partial charge < -0.3 is 0 Å². The van der Waals surface area contributed by atoms with E-state index in [0.29, 0.717) is 36.0 Å². The third-order valence-corrected chi connectivity index (χ3v) is 5.00. The van der Waals surface area contributed by atoms with Crippen LogP contribution in [0, 0.1) is 5.92 Å². The highest BCUT2D eigenvalue weighted by molar-refractivity contribution is 9.10. The van der Waals surface area contributed by atoms with Crippen LogP contribution in [0.1, 0.15) is 24.2 Å². The van der Waals surface area contributed by atoms with Crippen LogP contribution in [0.3, 0.4) is 0 Å². The van der Waals surface area contributed by atoms with Crippen molar-refractivity contribution in [2.24, 2.45) is 5.92 Å². The zero-order valence-corrected chi connectivity index (χ0v) is 15.0. The topological polar surface area (TPSA) is 30.0 Å². The molecule has 0 N–H and O–H groups in total. The Kier molecular flexibility index (Phi) is 5.00. The van der Waals surface area contributed by atoms with E-state index < -0.39 is 0 Å². The number of aromatic nitrogens is 1. The highest BCUT2D eigenvalue weighted by atomic mass is 79.9. The summed E-state index contributed by atoms with van der Waals surface area (Å²) in [5.41, 5.74) is 1.18. The molecule has 1 aromatic heterocycles. The first-order chi connectivity index (χ1) is 9.38. The lowest BCUT2D eigenvalue weighted by Crippen LogP contribution is -2.11. The number of thioether (sulfide) groups is 1. The van der Waals surface area contributed by atoms with E-state index in [1.165, 1.54) is 11.8 Å². The molecule has 0 bridgehead atoms. The highest BCUT2D eigenvalue weighted by Gasteiger charge is 2.23. The van der Waals surface area contributed by atoms with E-state index in [2.05, 4.69) is 20.9 Å². The number of Topliss-reactive ketones (excluding diaryl/α,β-unsaturated/α-hetero) is 1. The Morgan fingerprint density at radius 2 is 1.90 bits per heavy atom. The second-order valence-electron chi connectivity index (χ2n) is 4.58. The number of rotatable bonds is 3. The van der Waals surface area contributed by atoms with Gasteiger partial charge in [-0.1, -0.05) is 37.0 Å². The lowest BCUT2D eigenvalue weighted by molar-refractivity contribution is 0.0935. The van der Waals surface area contributed by atoms with E-state index in [0.717, 1.165) is 0 Å². The molecule has 0 saturated heterocycles. The zero-order valence-electron chi connectivity index (χ0n) is 11.1. The van der Waals surface area contributed by atoms with E-state index in [4.69, 9.17) is 23.2 Å². The zero-order chi connectivity index (χ0) is 15.0. The molecular weight excluding hydrogens is 381 g/mol. The van der Waals surface area contributed by atoms with Crippen molar-refractivity contribution in [1.82, 2.24) is 4.98 Å². The normalized spacial score (nSPS) is 11.3. The van der Waals surface area contributed by atoms with Gasteiger partial charge in [0.15, 0.2) is 5.78 Å². The molecular formula is C14H12BrCl2NOS. The summed E-state index contributed by atoms with van der Waals surface area (Å²) in [6, 6.07) is 3.42. The minimum absolute atomic E-state index is 0.0340. The predicted octanol–water partition coefficient (Wildman–Crippen LogP) is 5.86. The number of hydrogen-bond acceptors (Lipinski definition) is 3. The van der Waals surface area contributed by atoms with Gasteiger partial charge in [0.05, 0.1) is 21.1 Å². The van der Waals surface area contributed by atoms with Crippen LogP contribution in [0.15, 0.2) is 21.6 Å². The number of carbonyl (C=O) groups is 1. The number of nitrogens with zero attached hydrogens (tertiary/aromatic N) is 1. The predicted molar refractivity (Wildman–Crippen MR) is 90.4 cm³/mol. The largest absolute Gasteiger partial charge is 0.294 e. The van der Waals surface area contributed by atoms with Crippen molar-refractivity contribution in [1.29, 1.82) is 0 Å². The molecule has 1 aromatic carbocycles. The summed E-state index contributed by atoms with van der Waals surface area (Å²) < 4.78 is 0.665. The van der Waals surface area contributed by atoms with Crippen molar-refractivity contribution in [2.45, 2.75) is 18.9 Å². The number of hydrogen-bond donors (Lipinski definition) is 0. The van der Waals surface area contributed by atoms with Gasteiger partial charge in [-0.3, -0.25) is 4.79 Å². The number of fused-ring (bicyclic) bond motifs is 1. The van der Waals surface area contributed by atoms with Crippen LogP contribution in [0.2, 0.25) is 10.0 Å². The van der Waals surface area contributed by atoms with Gasteiger partial charge in [-0.05, 0) is 34.3 Å². The van der Waals surface area contributed by atoms with E-state index in [1.807, 2.05) is 20.1 Å². The molecule has 6 heteroatoms. The Hall–Kier alpha value is -0.290. The lowest BCUT2D eigenvalue weighted by atomic mass is 10.0. The van der Waals surface area contributed by atoms with E-state index in [-0.39, 0.29) is 11.7 Å². The van der Waals surface area contributed by atoms with Gasteiger partial charge in [-0.25, -0.2) is 4.98 Å². The highest BCUT2D eigenvalue weighted by Crippen LogP contribution is 2.39. The molecule has 0 aliphatic carbocycles. The Balaban J connectivity index is 2.92. The summed E-state index contributed by atoms with van der Waals surface area (Å²) in [4.78, 5) is 16.9. The molecule has 0 amide bonds. The molecule has 0 aliphatic heterocycles. The number of pyridine rings is 1. The summed E-state index contributed by atoms with van der Waals surface area (Å²) in [6.45, 7) is 3.73. The van der Waals surface area contributed by atoms with Gasteiger partial charge in [0.1, 0.15) is 5.03 Å². The van der Waals surface area contributed by atoms with Gasteiger partial charge in [-0.15, -0.1) is 11.8 Å². The summed E-state index contributed by atoms with van der Waals surface area (Å²) in [7, 11) is 0. The van der Waals surface area contributed by atoms with Crippen LogP contribution in [0.5, 0.6) is 0 Å². The van der Waals surface area contributed by atoms with Gasteiger partial charge in [-0.2, -0.15) is 0 Å². The molecule has 0 fully saturated rings. The second kappa shape index (κ2) is 6.22. The molecule has 2 rings (SSSR count). The van der Waals surface area contributed by atoms with Gasteiger partial charge in [0.2, 0.25) is 0 Å². The molecule has 0 spiro atoms. The molecule has 106 valence electrons. The Morgan fingerprint density at radius 3 is 2.45 bits per heavy atom. The van der Waals surface area contributed by atoms with Gasteiger partial charge >= 0.3 is 0 Å². The van der Waals surface area contributed by atoms with Crippen LogP contribution in [0.4, 0.5) is 0 Å². The first kappa shape index (κ1) is 16.1. The molecule has 20 heavy (non-hydrogen) atoms. The average Bonchev–Trinajstić information content (AvgIpc) is 2.41. The number of carbonyl (C=O) groups excluding carboxylic acids is 1. The van der Waals surface area contributed by atoms with E-state index in [9.17, 15) is 4.79 Å². The first-order valence-corrected chi connectivity index (χ1v) is 8.71. The summed E-state index contributed by atoms with van der Waals surface area (Å²) in [5.74, 6) is -0.0823. The van der Waals surface area contributed by atoms with Crippen molar-refractivity contribution in [3.8, 4) is 0 Å². The minimum atomic E-state index is -0.116. The smallest absolute Gasteiger partial charge is 0.169 e. The third-order valence-electron chi connectivity index (χ3n) is 2.91. The minimum Gasteiger partial charge on any atom is -0.294 e. The van der Waals surface area contributed by atoms with Crippen molar-refractivity contribution >= 4 is 67.6 Å².